The van der Waals surface area contributed by atoms with E-state index in [2.05, 4.69) is 13.8 Å². The van der Waals surface area contributed by atoms with Gasteiger partial charge in [-0.05, 0) is 12.2 Å². The molecule has 8 heavy (non-hydrogen) atoms. The van der Waals surface area contributed by atoms with Crippen LogP contribution in [0.1, 0.15) is 20.3 Å². The van der Waals surface area contributed by atoms with E-state index in [1.165, 1.54) is 0 Å². The van der Waals surface area contributed by atoms with Gasteiger partial charge >= 0.3 is 5.54 Å². The van der Waals surface area contributed by atoms with E-state index in [-0.39, 0.29) is 5.54 Å². The van der Waals surface area contributed by atoms with Gasteiger partial charge in [0.15, 0.2) is 0 Å². The van der Waals surface area contributed by atoms with Crippen molar-refractivity contribution in [2.24, 2.45) is 5.92 Å². The Morgan fingerprint density at radius 2 is 2.00 bits per heavy atom. The van der Waals surface area contributed by atoms with E-state index in [4.69, 9.17) is 22.9 Å². The molecule has 0 aliphatic heterocycles. The lowest BCUT2D eigenvalue weighted by atomic mass is 9.88. The van der Waals surface area contributed by atoms with Crippen LogP contribution in [-0.2, 0) is 0 Å². The minimum Gasteiger partial charge on any atom is -0.172 e. The quantitative estimate of drug-likeness (QED) is 0.546. The van der Waals surface area contributed by atoms with Gasteiger partial charge in [0.1, 0.15) is 0 Å². The molecule has 0 rings (SSSR count). The third-order valence-corrected chi connectivity index (χ3v) is 1.63. The lowest BCUT2D eigenvalue weighted by Crippen LogP contribution is -2.00. The van der Waals surface area contributed by atoms with Gasteiger partial charge in [-0.3, -0.25) is 0 Å². The van der Waals surface area contributed by atoms with Gasteiger partial charge in [-0.1, -0.05) is 20.3 Å². The summed E-state index contributed by atoms with van der Waals surface area (Å²) in [6, 6.07) is 0. The molecule has 0 fully saturated rings. The van der Waals surface area contributed by atoms with Crippen molar-refractivity contribution in [3.63, 3.8) is 0 Å². The topological polar surface area (TPSA) is 0 Å². The number of hydrogen-bond donors (Lipinski definition) is 0. The Kier molecular flexibility index (Phi) is 4.88. The Labute approximate surface area is 61.5 Å². The minimum atomic E-state index is -0.176. The molecule has 0 N–H and O–H groups in total. The molecule has 0 saturated carbocycles. The van der Waals surface area contributed by atoms with E-state index in [1.54, 1.807) is 0 Å². The minimum absolute atomic E-state index is 0.176. The molecular formula is C5H11BCl2. The third kappa shape index (κ3) is 4.80. The summed E-state index contributed by atoms with van der Waals surface area (Å²) >= 11 is 11.0. The summed E-state index contributed by atoms with van der Waals surface area (Å²) in [5.74, 6) is 0.662. The summed E-state index contributed by atoms with van der Waals surface area (Å²) in [4.78, 5) is 0. The van der Waals surface area contributed by atoms with Gasteiger partial charge in [-0.25, -0.2) is 0 Å². The van der Waals surface area contributed by atoms with Crippen LogP contribution >= 0.6 is 22.9 Å². The SMILES string of the molecule is CCC(C)CB(Cl)Cl. The van der Waals surface area contributed by atoms with Gasteiger partial charge in [0.05, 0.1) is 0 Å². The van der Waals surface area contributed by atoms with Crippen molar-refractivity contribution >= 4 is 28.5 Å². The summed E-state index contributed by atoms with van der Waals surface area (Å²) in [5, 5.41) is 0. The molecule has 0 aromatic heterocycles. The fraction of sp³-hybridized carbons (Fsp3) is 1.00. The smallest absolute Gasteiger partial charge is 0.172 e. The molecule has 0 aliphatic rings. The zero-order chi connectivity index (χ0) is 6.57. The number of hydrogen-bond acceptors (Lipinski definition) is 0. The molecule has 0 spiro atoms. The largest absolute Gasteiger partial charge is 0.351 e. The molecule has 0 amide bonds. The maximum absolute atomic E-state index is 5.52. The lowest BCUT2D eigenvalue weighted by Gasteiger charge is -2.04. The molecule has 0 bridgehead atoms. The molecule has 0 heterocycles. The van der Waals surface area contributed by atoms with E-state index in [0.29, 0.717) is 5.92 Å². The van der Waals surface area contributed by atoms with Crippen LogP contribution in [0.25, 0.3) is 0 Å². The van der Waals surface area contributed by atoms with Gasteiger partial charge in [-0.15, -0.1) is 0 Å². The molecule has 0 saturated heterocycles. The second-order valence-electron chi connectivity index (χ2n) is 2.14. The monoisotopic (exact) mass is 152 g/mol. The number of rotatable bonds is 3. The first-order valence-electron chi connectivity index (χ1n) is 2.95. The maximum atomic E-state index is 5.52. The fourth-order valence-electron chi connectivity index (χ4n) is 0.471. The van der Waals surface area contributed by atoms with Crippen molar-refractivity contribution in [2.75, 3.05) is 0 Å². The first-order valence-corrected chi connectivity index (χ1v) is 3.82. The first-order chi connectivity index (χ1) is 3.66. The van der Waals surface area contributed by atoms with Gasteiger partial charge in [0.25, 0.3) is 0 Å². The van der Waals surface area contributed by atoms with Gasteiger partial charge in [0.2, 0.25) is 0 Å². The van der Waals surface area contributed by atoms with Crippen LogP contribution in [0.5, 0.6) is 0 Å². The molecule has 1 unspecified atom stereocenters. The Morgan fingerprint density at radius 1 is 1.50 bits per heavy atom. The Bertz CT molecular complexity index is 56.4. The maximum Gasteiger partial charge on any atom is 0.351 e. The van der Waals surface area contributed by atoms with Crippen LogP contribution in [0.15, 0.2) is 0 Å². The molecular weight excluding hydrogens is 142 g/mol. The highest BCUT2D eigenvalue weighted by Crippen LogP contribution is 2.14. The highest BCUT2D eigenvalue weighted by atomic mass is 35.5. The highest BCUT2D eigenvalue weighted by molar-refractivity contribution is 7.33. The first kappa shape index (κ1) is 8.64. The lowest BCUT2D eigenvalue weighted by molar-refractivity contribution is 0.623. The van der Waals surface area contributed by atoms with E-state index in [9.17, 15) is 0 Å². The van der Waals surface area contributed by atoms with E-state index in [1.807, 2.05) is 0 Å². The van der Waals surface area contributed by atoms with Crippen molar-refractivity contribution in [1.82, 2.24) is 0 Å². The van der Waals surface area contributed by atoms with Crippen LogP contribution in [0.2, 0.25) is 6.32 Å². The van der Waals surface area contributed by atoms with Crippen LogP contribution < -0.4 is 0 Å². The second kappa shape index (κ2) is 4.52. The van der Waals surface area contributed by atoms with Crippen LogP contribution in [0.4, 0.5) is 0 Å². The molecule has 1 atom stereocenters. The molecule has 48 valence electrons. The van der Waals surface area contributed by atoms with Crippen molar-refractivity contribution in [1.29, 1.82) is 0 Å². The standard InChI is InChI=1S/C5H11BCl2/c1-3-5(2)4-6(7)8/h5H,3-4H2,1-2H3. The van der Waals surface area contributed by atoms with Crippen molar-refractivity contribution in [3.05, 3.63) is 0 Å². The molecule has 0 nitrogen and oxygen atoms in total. The van der Waals surface area contributed by atoms with Crippen molar-refractivity contribution in [2.45, 2.75) is 26.6 Å². The Hall–Kier alpha value is 0.645. The summed E-state index contributed by atoms with van der Waals surface area (Å²) in [5.41, 5.74) is -0.176. The summed E-state index contributed by atoms with van der Waals surface area (Å²) in [6.45, 7) is 4.29. The van der Waals surface area contributed by atoms with Gasteiger partial charge in [-0.2, -0.15) is 22.9 Å². The Balaban J connectivity index is 3.10. The summed E-state index contributed by atoms with van der Waals surface area (Å²) in [7, 11) is 0. The molecule has 0 aromatic rings. The molecule has 0 aromatic carbocycles. The van der Waals surface area contributed by atoms with E-state index < -0.39 is 0 Å². The van der Waals surface area contributed by atoms with Gasteiger partial charge in [0, 0.05) is 0 Å². The zero-order valence-corrected chi connectivity index (χ0v) is 6.84. The average molecular weight is 153 g/mol. The predicted octanol–water partition coefficient (Wildman–Crippen LogP) is 3.00. The van der Waals surface area contributed by atoms with Crippen LogP contribution in [0, 0.1) is 5.92 Å². The average Bonchev–Trinajstić information content (AvgIpc) is 1.65. The number of halogens is 2. The van der Waals surface area contributed by atoms with Crippen LogP contribution in [0.3, 0.4) is 0 Å². The predicted molar refractivity (Wildman–Crippen MR) is 41.7 cm³/mol. The molecule has 0 aliphatic carbocycles. The molecule has 0 radical (unpaired) electrons. The van der Waals surface area contributed by atoms with E-state index >= 15 is 0 Å². The van der Waals surface area contributed by atoms with Crippen molar-refractivity contribution in [3.8, 4) is 0 Å². The van der Waals surface area contributed by atoms with Crippen molar-refractivity contribution < 1.29 is 0 Å². The highest BCUT2D eigenvalue weighted by Gasteiger charge is 2.09. The molecule has 3 heteroatoms. The van der Waals surface area contributed by atoms with Gasteiger partial charge < -0.3 is 0 Å². The summed E-state index contributed by atoms with van der Waals surface area (Å²) < 4.78 is 0. The second-order valence-corrected chi connectivity index (χ2v) is 3.42. The zero-order valence-electron chi connectivity index (χ0n) is 5.32. The van der Waals surface area contributed by atoms with Crippen LogP contribution in [-0.4, -0.2) is 5.54 Å². The van der Waals surface area contributed by atoms with E-state index in [0.717, 1.165) is 12.7 Å². The fourth-order valence-corrected chi connectivity index (χ4v) is 1.08. The Morgan fingerprint density at radius 3 is 2.12 bits per heavy atom. The normalized spacial score (nSPS) is 13.5. The third-order valence-electron chi connectivity index (χ3n) is 1.28. The summed E-state index contributed by atoms with van der Waals surface area (Å²) in [6.07, 6.45) is 2.08.